The molecule has 0 N–H and O–H groups in total. The fourth-order valence-corrected chi connectivity index (χ4v) is 3.59. The van der Waals surface area contributed by atoms with Crippen LogP contribution in [0.2, 0.25) is 0 Å². The van der Waals surface area contributed by atoms with Crippen molar-refractivity contribution in [3.8, 4) is 0 Å². The Balaban J connectivity index is 1.65. The van der Waals surface area contributed by atoms with E-state index in [1.54, 1.807) is 18.2 Å². The third kappa shape index (κ3) is 5.03. The van der Waals surface area contributed by atoms with Crippen LogP contribution < -0.4 is 0 Å². The molecule has 0 amide bonds. The van der Waals surface area contributed by atoms with E-state index in [1.165, 1.54) is 12.1 Å². The average Bonchev–Trinajstić information content (AvgIpc) is 2.70. The number of sulfone groups is 1. The molecule has 3 rings (SSSR count). The molecule has 142 valence electrons. The van der Waals surface area contributed by atoms with E-state index < -0.39 is 28.3 Å². The van der Waals surface area contributed by atoms with Crippen molar-refractivity contribution >= 4 is 16.1 Å². The molecule has 0 saturated carbocycles. The Morgan fingerprint density at radius 3 is 2.37 bits per heavy atom. The van der Waals surface area contributed by atoms with Gasteiger partial charge in [0.1, 0.15) is 18.5 Å². The minimum absolute atomic E-state index is 0.122. The van der Waals surface area contributed by atoms with Crippen molar-refractivity contribution in [1.82, 2.24) is 0 Å². The van der Waals surface area contributed by atoms with Gasteiger partial charge in [-0.05, 0) is 12.1 Å². The average molecular weight is 388 g/mol. The first-order chi connectivity index (χ1) is 13.1. The van der Waals surface area contributed by atoms with Crippen LogP contribution in [0.1, 0.15) is 18.3 Å². The lowest BCUT2D eigenvalue weighted by atomic mass is 10.1. The van der Waals surface area contributed by atoms with Gasteiger partial charge in [-0.25, -0.2) is 8.42 Å². The number of hydrogen-bond donors (Lipinski definition) is 0. The highest BCUT2D eigenvalue weighted by Gasteiger charge is 2.33. The molecule has 0 spiro atoms. The van der Waals surface area contributed by atoms with Gasteiger partial charge in [-0.1, -0.05) is 48.5 Å². The number of carbonyl (C=O) groups is 1. The molecule has 1 saturated heterocycles. The number of hydrogen-bond acceptors (Lipinski definition) is 6. The van der Waals surface area contributed by atoms with E-state index in [2.05, 4.69) is 0 Å². The lowest BCUT2D eigenvalue weighted by Crippen LogP contribution is -2.41. The quantitative estimate of drug-likeness (QED) is 0.536. The predicted octanol–water partition coefficient (Wildman–Crippen LogP) is 3.02. The van der Waals surface area contributed by atoms with Crippen molar-refractivity contribution in [2.75, 3.05) is 6.61 Å². The number of benzene rings is 2. The maximum Gasteiger partial charge on any atom is 0.202 e. The van der Waals surface area contributed by atoms with Crippen molar-refractivity contribution in [1.29, 1.82) is 0 Å². The van der Waals surface area contributed by atoms with Gasteiger partial charge in [-0.2, -0.15) is 0 Å². The van der Waals surface area contributed by atoms with Gasteiger partial charge in [0.2, 0.25) is 9.84 Å². The van der Waals surface area contributed by atoms with Crippen LogP contribution in [0.25, 0.3) is 0 Å². The molecule has 27 heavy (non-hydrogen) atoms. The summed E-state index contributed by atoms with van der Waals surface area (Å²) >= 11 is 0. The molecule has 2 aromatic rings. The van der Waals surface area contributed by atoms with Crippen molar-refractivity contribution in [3.05, 3.63) is 77.9 Å². The second-order valence-electron chi connectivity index (χ2n) is 5.96. The van der Waals surface area contributed by atoms with Crippen LogP contribution in [0.3, 0.4) is 0 Å². The Bertz CT molecular complexity index is 864. The maximum absolute atomic E-state index is 12.2. The molecule has 1 aliphatic rings. The van der Waals surface area contributed by atoms with Gasteiger partial charge < -0.3 is 19.0 Å². The van der Waals surface area contributed by atoms with Crippen molar-refractivity contribution in [2.45, 2.75) is 29.8 Å². The van der Waals surface area contributed by atoms with E-state index in [4.69, 9.17) is 14.2 Å². The SMILES string of the molecule is O=CC[C@@H]1OC(c2ccccc2)OC[C@H]1O/C=C/S(=O)(=O)c1ccccc1. The molecule has 7 heteroatoms. The van der Waals surface area contributed by atoms with E-state index in [-0.39, 0.29) is 17.9 Å². The zero-order chi connectivity index (χ0) is 19.1. The molecule has 1 fully saturated rings. The molecule has 1 aliphatic heterocycles. The summed E-state index contributed by atoms with van der Waals surface area (Å²) in [6.07, 6.45) is 0.270. The van der Waals surface area contributed by atoms with Crippen LogP contribution in [0.15, 0.2) is 77.2 Å². The lowest BCUT2D eigenvalue weighted by Gasteiger charge is -2.35. The standard InChI is InChI=1S/C20H20O6S/c21-12-11-18-19(15-25-20(26-18)16-7-3-1-4-8-16)24-13-14-27(22,23)17-9-5-2-6-10-17/h1-10,12-14,18-20H,11,15H2/b14-13+/t18-,19+,20?/m0/s1. The smallest absolute Gasteiger partial charge is 0.202 e. The summed E-state index contributed by atoms with van der Waals surface area (Å²) in [6, 6.07) is 17.4. The Labute approximate surface area is 158 Å². The highest BCUT2D eigenvalue weighted by molar-refractivity contribution is 7.94. The zero-order valence-corrected chi connectivity index (χ0v) is 15.3. The molecule has 0 radical (unpaired) electrons. The first-order valence-corrected chi connectivity index (χ1v) is 10.0. The highest BCUT2D eigenvalue weighted by Crippen LogP contribution is 2.29. The Morgan fingerprint density at radius 2 is 1.70 bits per heavy atom. The third-order valence-electron chi connectivity index (χ3n) is 4.09. The number of rotatable bonds is 7. The molecule has 3 atom stereocenters. The Morgan fingerprint density at radius 1 is 1.04 bits per heavy atom. The number of aldehydes is 1. The maximum atomic E-state index is 12.2. The third-order valence-corrected chi connectivity index (χ3v) is 5.48. The van der Waals surface area contributed by atoms with Crippen LogP contribution >= 0.6 is 0 Å². The molecule has 0 aromatic heterocycles. The number of carbonyl (C=O) groups excluding carboxylic acids is 1. The minimum Gasteiger partial charge on any atom is -0.492 e. The fraction of sp³-hybridized carbons (Fsp3) is 0.250. The van der Waals surface area contributed by atoms with Crippen LogP contribution in [0.5, 0.6) is 0 Å². The lowest BCUT2D eigenvalue weighted by molar-refractivity contribution is -0.256. The summed E-state index contributed by atoms with van der Waals surface area (Å²) in [5.41, 5.74) is 0.842. The highest BCUT2D eigenvalue weighted by atomic mass is 32.2. The second-order valence-corrected chi connectivity index (χ2v) is 7.79. The van der Waals surface area contributed by atoms with Gasteiger partial charge in [0.05, 0.1) is 23.2 Å². The van der Waals surface area contributed by atoms with Crippen LogP contribution in [0.4, 0.5) is 0 Å². The van der Waals surface area contributed by atoms with Gasteiger partial charge in [0.15, 0.2) is 6.29 Å². The van der Waals surface area contributed by atoms with E-state index in [0.717, 1.165) is 23.5 Å². The molecule has 2 aromatic carbocycles. The molecule has 0 bridgehead atoms. The molecule has 0 aliphatic carbocycles. The normalized spacial score (nSPS) is 23.2. The van der Waals surface area contributed by atoms with Gasteiger partial charge in [0, 0.05) is 12.0 Å². The van der Waals surface area contributed by atoms with Crippen LogP contribution in [0, 0.1) is 0 Å². The monoisotopic (exact) mass is 388 g/mol. The summed E-state index contributed by atoms with van der Waals surface area (Å²) in [6.45, 7) is 0.174. The van der Waals surface area contributed by atoms with E-state index in [9.17, 15) is 13.2 Å². The van der Waals surface area contributed by atoms with Crippen molar-refractivity contribution in [2.24, 2.45) is 0 Å². The van der Waals surface area contributed by atoms with Gasteiger partial charge in [-0.3, -0.25) is 0 Å². The van der Waals surface area contributed by atoms with E-state index in [1.807, 2.05) is 30.3 Å². The van der Waals surface area contributed by atoms with Crippen molar-refractivity contribution in [3.63, 3.8) is 0 Å². The largest absolute Gasteiger partial charge is 0.492 e. The summed E-state index contributed by atoms with van der Waals surface area (Å²) in [5, 5.41) is 0.990. The fourth-order valence-electron chi connectivity index (χ4n) is 2.68. The Hall–Kier alpha value is -2.48. The number of ether oxygens (including phenoxy) is 3. The summed E-state index contributed by atoms with van der Waals surface area (Å²) in [4.78, 5) is 11.2. The first kappa shape index (κ1) is 19.3. The Kier molecular flexibility index (Phi) is 6.39. The first-order valence-electron chi connectivity index (χ1n) is 8.48. The van der Waals surface area contributed by atoms with Gasteiger partial charge in [-0.15, -0.1) is 0 Å². The molecular formula is C20H20O6S. The molecule has 6 nitrogen and oxygen atoms in total. The summed E-state index contributed by atoms with van der Waals surface area (Å²) in [7, 11) is -3.60. The minimum atomic E-state index is -3.60. The topological polar surface area (TPSA) is 78.9 Å². The molecule has 1 unspecified atom stereocenters. The molecular weight excluding hydrogens is 368 g/mol. The van der Waals surface area contributed by atoms with Crippen molar-refractivity contribution < 1.29 is 27.4 Å². The summed E-state index contributed by atoms with van der Waals surface area (Å²) in [5.74, 6) is 0. The van der Waals surface area contributed by atoms with Crippen LogP contribution in [-0.4, -0.2) is 33.5 Å². The van der Waals surface area contributed by atoms with E-state index >= 15 is 0 Å². The second kappa shape index (κ2) is 8.94. The van der Waals surface area contributed by atoms with E-state index in [0.29, 0.717) is 0 Å². The zero-order valence-electron chi connectivity index (χ0n) is 14.5. The predicted molar refractivity (Wildman–Crippen MR) is 98.3 cm³/mol. The summed E-state index contributed by atoms with van der Waals surface area (Å²) < 4.78 is 41.5. The van der Waals surface area contributed by atoms with Gasteiger partial charge in [0.25, 0.3) is 0 Å². The molecule has 1 heterocycles. The van der Waals surface area contributed by atoms with Crippen LogP contribution in [-0.2, 0) is 28.8 Å². The van der Waals surface area contributed by atoms with Gasteiger partial charge >= 0.3 is 0 Å².